The molecule has 6 nitrogen and oxygen atoms in total. The van der Waals surface area contributed by atoms with E-state index in [1.165, 1.54) is 0 Å². The topological polar surface area (TPSA) is 65.4 Å². The van der Waals surface area contributed by atoms with E-state index < -0.39 is 0 Å². The summed E-state index contributed by atoms with van der Waals surface area (Å²) in [6, 6.07) is 21.4. The average Bonchev–Trinajstić information content (AvgIpc) is 3.49. The van der Waals surface area contributed by atoms with Crippen LogP contribution in [0.4, 0.5) is 0 Å². The molecule has 4 rings (SSSR count). The standard InChI is InChI=1S/C24H23N3O3S/c1-29-12-13-30-20-10-5-7-18(15-20)16-25-24(28)21-17-27(19-8-3-2-4-9-19)26-23(21)22-11-6-14-31-22/h2-11,14-15,17H,12-13,16H2,1H3,(H,25,28). The molecule has 0 spiro atoms. The Morgan fingerprint density at radius 1 is 1.06 bits per heavy atom. The molecular formula is C24H23N3O3S. The van der Waals surface area contributed by atoms with Crippen molar-refractivity contribution in [2.24, 2.45) is 0 Å². The summed E-state index contributed by atoms with van der Waals surface area (Å²) < 4.78 is 12.4. The van der Waals surface area contributed by atoms with Crippen LogP contribution in [0.3, 0.4) is 0 Å². The van der Waals surface area contributed by atoms with E-state index in [1.807, 2.05) is 72.1 Å². The Morgan fingerprint density at radius 2 is 1.94 bits per heavy atom. The van der Waals surface area contributed by atoms with Crippen LogP contribution in [0.1, 0.15) is 15.9 Å². The number of aromatic nitrogens is 2. The van der Waals surface area contributed by atoms with E-state index in [0.717, 1.165) is 21.9 Å². The van der Waals surface area contributed by atoms with Crippen LogP contribution in [0, 0.1) is 0 Å². The lowest BCUT2D eigenvalue weighted by molar-refractivity contribution is 0.0951. The summed E-state index contributed by atoms with van der Waals surface area (Å²) in [6.07, 6.45) is 1.78. The smallest absolute Gasteiger partial charge is 0.255 e. The molecule has 4 aromatic rings. The Balaban J connectivity index is 1.52. The first-order valence-electron chi connectivity index (χ1n) is 9.92. The summed E-state index contributed by atoms with van der Waals surface area (Å²) in [5, 5.41) is 9.68. The van der Waals surface area contributed by atoms with E-state index in [4.69, 9.17) is 9.47 Å². The molecule has 0 saturated heterocycles. The number of amides is 1. The van der Waals surface area contributed by atoms with Crippen molar-refractivity contribution in [3.63, 3.8) is 0 Å². The summed E-state index contributed by atoms with van der Waals surface area (Å²) in [7, 11) is 1.64. The molecule has 31 heavy (non-hydrogen) atoms. The molecule has 0 radical (unpaired) electrons. The number of para-hydroxylation sites is 1. The lowest BCUT2D eigenvalue weighted by Gasteiger charge is -2.09. The summed E-state index contributed by atoms with van der Waals surface area (Å²) in [5.74, 6) is 0.580. The number of nitrogens with one attached hydrogen (secondary N) is 1. The van der Waals surface area contributed by atoms with Crippen LogP contribution in [0.15, 0.2) is 78.3 Å². The van der Waals surface area contributed by atoms with Crippen LogP contribution in [0.5, 0.6) is 5.75 Å². The van der Waals surface area contributed by atoms with Gasteiger partial charge in [0.1, 0.15) is 18.1 Å². The van der Waals surface area contributed by atoms with Gasteiger partial charge in [0.15, 0.2) is 0 Å². The third-order valence-electron chi connectivity index (χ3n) is 4.64. The van der Waals surface area contributed by atoms with E-state index >= 15 is 0 Å². The molecule has 0 saturated carbocycles. The molecule has 0 aliphatic rings. The number of carbonyl (C=O) groups excluding carboxylic acids is 1. The molecule has 2 aromatic heterocycles. The minimum Gasteiger partial charge on any atom is -0.491 e. The first kappa shape index (κ1) is 20.8. The fourth-order valence-corrected chi connectivity index (χ4v) is 3.84. The van der Waals surface area contributed by atoms with Gasteiger partial charge in [-0.15, -0.1) is 11.3 Å². The highest BCUT2D eigenvalue weighted by Gasteiger charge is 2.19. The minimum absolute atomic E-state index is 0.170. The molecule has 2 heterocycles. The lowest BCUT2D eigenvalue weighted by Crippen LogP contribution is -2.23. The quantitative estimate of drug-likeness (QED) is 0.393. The van der Waals surface area contributed by atoms with Crippen molar-refractivity contribution in [3.05, 3.63) is 89.4 Å². The predicted molar refractivity (Wildman–Crippen MR) is 122 cm³/mol. The van der Waals surface area contributed by atoms with Gasteiger partial charge < -0.3 is 14.8 Å². The normalized spacial score (nSPS) is 10.7. The summed E-state index contributed by atoms with van der Waals surface area (Å²) >= 11 is 1.56. The van der Waals surface area contributed by atoms with Crippen molar-refractivity contribution in [1.29, 1.82) is 0 Å². The highest BCUT2D eigenvalue weighted by atomic mass is 32.1. The van der Waals surface area contributed by atoms with E-state index in [2.05, 4.69) is 10.4 Å². The Morgan fingerprint density at radius 3 is 2.71 bits per heavy atom. The van der Waals surface area contributed by atoms with Gasteiger partial charge in [0.05, 0.1) is 22.7 Å². The van der Waals surface area contributed by atoms with Crippen LogP contribution >= 0.6 is 11.3 Å². The summed E-state index contributed by atoms with van der Waals surface area (Å²) in [5.41, 5.74) is 3.07. The van der Waals surface area contributed by atoms with Crippen LogP contribution in [-0.2, 0) is 11.3 Å². The number of hydrogen-bond acceptors (Lipinski definition) is 5. The van der Waals surface area contributed by atoms with Crippen molar-refractivity contribution >= 4 is 17.2 Å². The lowest BCUT2D eigenvalue weighted by atomic mass is 10.2. The van der Waals surface area contributed by atoms with Gasteiger partial charge in [0.25, 0.3) is 5.91 Å². The van der Waals surface area contributed by atoms with Crippen molar-refractivity contribution < 1.29 is 14.3 Å². The Bertz CT molecular complexity index is 1120. The van der Waals surface area contributed by atoms with Gasteiger partial charge in [-0.1, -0.05) is 36.4 Å². The molecule has 7 heteroatoms. The zero-order valence-electron chi connectivity index (χ0n) is 17.2. The summed E-state index contributed by atoms with van der Waals surface area (Å²) in [6.45, 7) is 1.40. The number of thiophene rings is 1. The maximum Gasteiger partial charge on any atom is 0.255 e. The zero-order chi connectivity index (χ0) is 21.5. The third kappa shape index (κ3) is 5.20. The molecule has 158 valence electrons. The second-order valence-corrected chi connectivity index (χ2v) is 7.77. The van der Waals surface area contributed by atoms with Crippen LogP contribution < -0.4 is 10.1 Å². The second-order valence-electron chi connectivity index (χ2n) is 6.82. The predicted octanol–water partition coefficient (Wildman–Crippen LogP) is 4.56. The van der Waals surface area contributed by atoms with E-state index in [-0.39, 0.29) is 5.91 Å². The molecule has 0 bridgehead atoms. The number of nitrogens with zero attached hydrogens (tertiary/aromatic N) is 2. The number of ether oxygens (including phenoxy) is 2. The average molecular weight is 434 g/mol. The first-order chi connectivity index (χ1) is 15.2. The third-order valence-corrected chi connectivity index (χ3v) is 5.52. The van der Waals surface area contributed by atoms with Gasteiger partial charge in [-0.25, -0.2) is 4.68 Å². The van der Waals surface area contributed by atoms with Gasteiger partial charge in [0, 0.05) is 19.9 Å². The van der Waals surface area contributed by atoms with Gasteiger partial charge in [-0.2, -0.15) is 5.10 Å². The van der Waals surface area contributed by atoms with E-state index in [0.29, 0.717) is 31.0 Å². The fraction of sp³-hybridized carbons (Fsp3) is 0.167. The molecule has 2 aromatic carbocycles. The van der Waals surface area contributed by atoms with Crippen molar-refractivity contribution in [1.82, 2.24) is 15.1 Å². The van der Waals surface area contributed by atoms with Crippen LogP contribution in [0.25, 0.3) is 16.3 Å². The fourth-order valence-electron chi connectivity index (χ4n) is 3.11. The van der Waals surface area contributed by atoms with E-state index in [1.54, 1.807) is 29.3 Å². The van der Waals surface area contributed by atoms with E-state index in [9.17, 15) is 4.79 Å². The number of rotatable bonds is 9. The molecule has 0 fully saturated rings. The van der Waals surface area contributed by atoms with Crippen LogP contribution in [-0.4, -0.2) is 36.0 Å². The van der Waals surface area contributed by atoms with Crippen molar-refractivity contribution in [2.45, 2.75) is 6.54 Å². The Labute approximate surface area is 185 Å². The maximum absolute atomic E-state index is 13.1. The molecule has 0 atom stereocenters. The molecular weight excluding hydrogens is 410 g/mol. The number of carbonyl (C=O) groups is 1. The van der Waals surface area contributed by atoms with Gasteiger partial charge >= 0.3 is 0 Å². The number of hydrogen-bond donors (Lipinski definition) is 1. The molecule has 1 N–H and O–H groups in total. The summed E-state index contributed by atoms with van der Waals surface area (Å²) in [4.78, 5) is 14.0. The zero-order valence-corrected chi connectivity index (χ0v) is 18.0. The monoisotopic (exact) mass is 433 g/mol. The Hall–Kier alpha value is -3.42. The SMILES string of the molecule is COCCOc1cccc(CNC(=O)c2cn(-c3ccccc3)nc2-c2cccs2)c1. The highest BCUT2D eigenvalue weighted by Crippen LogP contribution is 2.28. The second kappa shape index (κ2) is 10.1. The number of benzene rings is 2. The van der Waals surface area contributed by atoms with Crippen LogP contribution in [0.2, 0.25) is 0 Å². The molecule has 0 aliphatic carbocycles. The minimum atomic E-state index is -0.170. The van der Waals surface area contributed by atoms with Crippen molar-refractivity contribution in [3.8, 4) is 22.0 Å². The largest absolute Gasteiger partial charge is 0.491 e. The van der Waals surface area contributed by atoms with Gasteiger partial charge in [-0.3, -0.25) is 4.79 Å². The molecule has 0 aliphatic heterocycles. The molecule has 0 unspecified atom stereocenters. The maximum atomic E-state index is 13.1. The van der Waals surface area contributed by atoms with Gasteiger partial charge in [0.2, 0.25) is 0 Å². The Kier molecular flexibility index (Phi) is 6.76. The van der Waals surface area contributed by atoms with Gasteiger partial charge in [-0.05, 0) is 41.3 Å². The first-order valence-corrected chi connectivity index (χ1v) is 10.8. The molecule has 1 amide bonds. The van der Waals surface area contributed by atoms with Crippen molar-refractivity contribution in [2.75, 3.05) is 20.3 Å². The number of methoxy groups -OCH3 is 1. The highest BCUT2D eigenvalue weighted by molar-refractivity contribution is 7.13.